The lowest BCUT2D eigenvalue weighted by molar-refractivity contribution is -0.146. The van der Waals surface area contributed by atoms with Gasteiger partial charge < -0.3 is 26.2 Å². The molecule has 3 unspecified atom stereocenters. The van der Waals surface area contributed by atoms with Crippen molar-refractivity contribution < 1.29 is 32.4 Å². The predicted octanol–water partition coefficient (Wildman–Crippen LogP) is 5.72. The molecule has 4 saturated carbocycles. The van der Waals surface area contributed by atoms with Crippen molar-refractivity contribution in [2.24, 2.45) is 22.7 Å². The molecule has 1 aliphatic heterocycles. The fraction of sp³-hybridized carbons (Fsp3) is 0.881. The van der Waals surface area contributed by atoms with Crippen LogP contribution >= 0.6 is 0 Å². The van der Waals surface area contributed by atoms with Gasteiger partial charge in [0.2, 0.25) is 17.6 Å². The van der Waals surface area contributed by atoms with Crippen molar-refractivity contribution in [3.05, 3.63) is 0 Å². The van der Waals surface area contributed by atoms with Gasteiger partial charge in [-0.15, -0.1) is 0 Å². The molecule has 4 aliphatic carbocycles. The highest BCUT2D eigenvalue weighted by Crippen LogP contribution is 2.44. The molecule has 1 saturated heterocycles. The average Bonchev–Trinajstić information content (AvgIpc) is 3.79. The number of nitrogens with zero attached hydrogens (tertiary/aromatic N) is 1. The first-order chi connectivity index (χ1) is 25.7. The minimum absolute atomic E-state index is 0.00749. The Kier molecular flexibility index (Phi) is 13.4. The number of Topliss-reactive ketones (excluding diaryl/α,β-unsaturated/α-hetero) is 1. The second-order valence-electron chi connectivity index (χ2n) is 19.9. The largest absolute Gasteiger partial charge is 0.347 e. The Labute approximate surface area is 330 Å². The summed E-state index contributed by atoms with van der Waals surface area (Å²) in [6.45, 7) is 13.8. The van der Waals surface area contributed by atoms with E-state index in [4.69, 9.17) is 0 Å². The van der Waals surface area contributed by atoms with E-state index in [1.54, 1.807) is 18.7 Å². The Bertz CT molecular complexity index is 1530. The van der Waals surface area contributed by atoms with Gasteiger partial charge in [-0.1, -0.05) is 92.4 Å². The normalized spacial score (nSPS) is 25.5. The quantitative estimate of drug-likeness (QED) is 0.154. The van der Waals surface area contributed by atoms with Crippen LogP contribution in [0.2, 0.25) is 0 Å². The Morgan fingerprint density at radius 1 is 0.800 bits per heavy atom. The molecule has 5 amide bonds. The van der Waals surface area contributed by atoms with E-state index >= 15 is 4.79 Å². The van der Waals surface area contributed by atoms with Crippen LogP contribution in [0.4, 0.5) is 4.79 Å². The van der Waals surface area contributed by atoms with Crippen LogP contribution < -0.4 is 21.3 Å². The lowest BCUT2D eigenvalue weighted by Crippen LogP contribution is -2.65. The first-order valence-corrected chi connectivity index (χ1v) is 23.1. The van der Waals surface area contributed by atoms with Gasteiger partial charge in [0.25, 0.3) is 5.91 Å². The molecule has 12 nitrogen and oxygen atoms in total. The zero-order valence-electron chi connectivity index (χ0n) is 34.8. The van der Waals surface area contributed by atoms with E-state index in [1.165, 1.54) is 0 Å². The predicted molar refractivity (Wildman–Crippen MR) is 214 cm³/mol. The molecular formula is C42H71N5O7S. The van der Waals surface area contributed by atoms with Gasteiger partial charge in [0.1, 0.15) is 12.1 Å². The number of sulfone groups is 1. The van der Waals surface area contributed by atoms with E-state index < -0.39 is 67.3 Å². The van der Waals surface area contributed by atoms with Crippen LogP contribution in [0.1, 0.15) is 164 Å². The zero-order chi connectivity index (χ0) is 40.4. The van der Waals surface area contributed by atoms with Gasteiger partial charge >= 0.3 is 6.03 Å². The van der Waals surface area contributed by atoms with Crippen molar-refractivity contribution in [3.63, 3.8) is 0 Å². The number of urea groups is 1. The molecule has 5 fully saturated rings. The number of hydrogen-bond donors (Lipinski definition) is 4. The van der Waals surface area contributed by atoms with Crippen LogP contribution in [0.25, 0.3) is 0 Å². The molecule has 0 aromatic carbocycles. The highest BCUT2D eigenvalue weighted by atomic mass is 32.2. The van der Waals surface area contributed by atoms with E-state index in [1.807, 2.05) is 13.8 Å². The van der Waals surface area contributed by atoms with E-state index in [0.29, 0.717) is 38.6 Å². The molecule has 0 bridgehead atoms. The van der Waals surface area contributed by atoms with Crippen LogP contribution in [0.15, 0.2) is 0 Å². The second kappa shape index (κ2) is 17.0. The molecule has 1 heterocycles. The van der Waals surface area contributed by atoms with Gasteiger partial charge in [-0.3, -0.25) is 19.2 Å². The fourth-order valence-corrected chi connectivity index (χ4v) is 11.5. The van der Waals surface area contributed by atoms with Crippen molar-refractivity contribution in [2.75, 3.05) is 12.3 Å². The smallest absolute Gasteiger partial charge is 0.315 e. The first kappa shape index (κ1) is 43.4. The molecule has 5 rings (SSSR count). The molecule has 55 heavy (non-hydrogen) atoms. The lowest BCUT2D eigenvalue weighted by atomic mass is 9.70. The Morgan fingerprint density at radius 2 is 1.40 bits per heavy atom. The second-order valence-corrected chi connectivity index (χ2v) is 22.5. The summed E-state index contributed by atoms with van der Waals surface area (Å²) in [6, 6.07) is -3.39. The number of carbonyl (C=O) groups excluding carboxylic acids is 5. The van der Waals surface area contributed by atoms with Crippen molar-refractivity contribution in [1.29, 1.82) is 0 Å². The van der Waals surface area contributed by atoms with Crippen molar-refractivity contribution in [3.8, 4) is 0 Å². The maximum atomic E-state index is 15.1. The molecular weight excluding hydrogens is 719 g/mol. The molecule has 0 aromatic rings. The molecule has 0 radical (unpaired) electrons. The summed E-state index contributed by atoms with van der Waals surface area (Å²) in [6.07, 6.45) is 14.0. The molecule has 5 aliphatic rings. The summed E-state index contributed by atoms with van der Waals surface area (Å²) in [7, 11) is -3.58. The minimum Gasteiger partial charge on any atom is -0.347 e. The maximum absolute atomic E-state index is 15.1. The number of likely N-dealkylation sites (tertiary alicyclic amines) is 1. The van der Waals surface area contributed by atoms with Crippen molar-refractivity contribution in [1.82, 2.24) is 26.2 Å². The van der Waals surface area contributed by atoms with Crippen molar-refractivity contribution >= 4 is 39.4 Å². The summed E-state index contributed by atoms with van der Waals surface area (Å²) in [5.74, 6) is -2.23. The molecule has 4 N–H and O–H groups in total. The molecule has 13 heteroatoms. The summed E-state index contributed by atoms with van der Waals surface area (Å²) in [5, 5.41) is 12.0. The Morgan fingerprint density at radius 3 is 1.93 bits per heavy atom. The van der Waals surface area contributed by atoms with E-state index in [9.17, 15) is 27.6 Å². The third-order valence-corrected chi connectivity index (χ3v) is 17.1. The SMILES string of the molecule is CCC(C)(C)S(=O)(=O)CC1(NC(=O)N[C@H](C(=O)N2CCC(C(C)(C)C)C2C(=O)NC(CC2CCC2)C(=O)C(=O)NC2CC2)C2(C)CCCCC2)CCCCC1. The highest BCUT2D eigenvalue weighted by molar-refractivity contribution is 7.92. The number of amides is 5. The molecule has 0 spiro atoms. The summed E-state index contributed by atoms with van der Waals surface area (Å²) >= 11 is 0. The third-order valence-electron chi connectivity index (χ3n) is 14.2. The number of carbonyl (C=O) groups is 5. The van der Waals surface area contributed by atoms with Gasteiger partial charge in [-0.2, -0.15) is 0 Å². The topological polar surface area (TPSA) is 171 Å². The van der Waals surface area contributed by atoms with Gasteiger partial charge in [0.15, 0.2) is 9.84 Å². The summed E-state index contributed by atoms with van der Waals surface area (Å²) in [4.78, 5) is 72.1. The van der Waals surface area contributed by atoms with E-state index in [-0.39, 0.29) is 35.0 Å². The Hall–Kier alpha value is -2.70. The minimum atomic E-state index is -3.58. The van der Waals surface area contributed by atoms with E-state index in [0.717, 1.165) is 83.5 Å². The number of nitrogens with one attached hydrogen (secondary N) is 4. The standard InChI is InChI=1S/C42H71N5O7S/c1-8-40(5,6)55(53,54)27-42(23-13-10-14-24-42)46-38(52)45-34(41(7)21-11-9-12-22-41)37(51)47-25-20-30(39(2,3)4)32(47)35(49)44-31(26-28-16-15-17-28)33(48)36(50)43-29-18-19-29/h28-32,34H,8-27H2,1-7H3,(H,43,50)(H,44,49)(H2,45,46,52)/t30?,31?,32?,34-/m1/s1. The maximum Gasteiger partial charge on any atom is 0.315 e. The fourth-order valence-electron chi connectivity index (χ4n) is 9.53. The molecule has 0 aromatic heterocycles. The van der Waals surface area contributed by atoms with Gasteiger partial charge in [0.05, 0.1) is 22.1 Å². The lowest BCUT2D eigenvalue weighted by Gasteiger charge is -2.44. The van der Waals surface area contributed by atoms with Gasteiger partial charge in [0, 0.05) is 12.6 Å². The van der Waals surface area contributed by atoms with Gasteiger partial charge in [-0.05, 0) is 94.3 Å². The van der Waals surface area contributed by atoms with Crippen LogP contribution in [-0.2, 0) is 29.0 Å². The summed E-state index contributed by atoms with van der Waals surface area (Å²) < 4.78 is 26.5. The number of hydrogen-bond acceptors (Lipinski definition) is 7. The number of rotatable bonds is 15. The monoisotopic (exact) mass is 790 g/mol. The summed E-state index contributed by atoms with van der Waals surface area (Å²) in [5.41, 5.74) is -1.91. The number of ketones is 1. The van der Waals surface area contributed by atoms with Crippen molar-refractivity contribution in [2.45, 2.75) is 198 Å². The average molecular weight is 790 g/mol. The van der Waals surface area contributed by atoms with Crippen LogP contribution in [0.5, 0.6) is 0 Å². The van der Waals surface area contributed by atoms with Crippen LogP contribution in [0, 0.1) is 22.7 Å². The van der Waals surface area contributed by atoms with E-state index in [2.05, 4.69) is 42.0 Å². The molecule has 4 atom stereocenters. The third kappa shape index (κ3) is 10.2. The Balaban J connectivity index is 1.42. The van der Waals surface area contributed by atoms with Crippen LogP contribution in [-0.4, -0.2) is 89.6 Å². The van der Waals surface area contributed by atoms with Crippen LogP contribution in [0.3, 0.4) is 0 Å². The molecule has 312 valence electrons. The zero-order valence-corrected chi connectivity index (χ0v) is 35.6. The first-order valence-electron chi connectivity index (χ1n) is 21.5. The van der Waals surface area contributed by atoms with Gasteiger partial charge in [-0.25, -0.2) is 13.2 Å². The highest BCUT2D eigenvalue weighted by Gasteiger charge is 2.52.